The minimum atomic E-state index is -0.706. The highest BCUT2D eigenvalue weighted by atomic mass is 35.5. The molecule has 2 rings (SSSR count). The molecule has 2 aromatic rings. The summed E-state index contributed by atoms with van der Waals surface area (Å²) in [5, 5.41) is 10.3. The van der Waals surface area contributed by atoms with Crippen molar-refractivity contribution < 1.29 is 9.50 Å². The largest absolute Gasteiger partial charge is 0.389 e. The predicted molar refractivity (Wildman–Crippen MR) is 72.6 cm³/mol. The molecule has 94 valence electrons. The van der Waals surface area contributed by atoms with Gasteiger partial charge in [0.1, 0.15) is 5.82 Å². The van der Waals surface area contributed by atoms with Crippen molar-refractivity contribution in [1.82, 2.24) is 0 Å². The lowest BCUT2D eigenvalue weighted by atomic mass is 10.1. The van der Waals surface area contributed by atoms with Crippen LogP contribution < -0.4 is 0 Å². The van der Waals surface area contributed by atoms with Gasteiger partial charge in [0.2, 0.25) is 0 Å². The molecule has 0 aliphatic heterocycles. The van der Waals surface area contributed by atoms with Crippen LogP contribution in [0.25, 0.3) is 0 Å². The molecule has 1 nitrogen and oxygen atoms in total. The first-order valence-corrected chi connectivity index (χ1v) is 6.66. The molecule has 0 spiro atoms. The van der Waals surface area contributed by atoms with Crippen LogP contribution in [0.4, 0.5) is 4.39 Å². The third-order valence-electron chi connectivity index (χ3n) is 2.45. The lowest BCUT2D eigenvalue weighted by Gasteiger charge is -2.11. The molecular formula is C14H12ClFOS. The number of aliphatic hydroxyl groups excluding tert-OH is 1. The van der Waals surface area contributed by atoms with Crippen molar-refractivity contribution in [3.05, 3.63) is 58.9 Å². The minimum absolute atomic E-state index is 0.346. The molecule has 0 aliphatic rings. The minimum Gasteiger partial charge on any atom is -0.389 e. The summed E-state index contributed by atoms with van der Waals surface area (Å²) in [7, 11) is 0. The van der Waals surface area contributed by atoms with E-state index in [0.717, 1.165) is 9.79 Å². The zero-order chi connectivity index (χ0) is 13.1. The number of benzene rings is 2. The van der Waals surface area contributed by atoms with Crippen molar-refractivity contribution in [2.24, 2.45) is 0 Å². The maximum absolute atomic E-state index is 13.2. The number of rotatable bonds is 3. The van der Waals surface area contributed by atoms with Crippen molar-refractivity contribution >= 4 is 23.4 Å². The second-order valence-corrected chi connectivity index (χ2v) is 5.47. The van der Waals surface area contributed by atoms with Gasteiger partial charge in [-0.1, -0.05) is 29.4 Å². The number of hydrogen-bond donors (Lipinski definition) is 1. The molecule has 0 saturated carbocycles. The van der Waals surface area contributed by atoms with E-state index in [9.17, 15) is 9.50 Å². The molecule has 4 heteroatoms. The van der Waals surface area contributed by atoms with Crippen LogP contribution in [-0.4, -0.2) is 5.11 Å². The fourth-order valence-electron chi connectivity index (χ4n) is 1.60. The third kappa shape index (κ3) is 3.25. The van der Waals surface area contributed by atoms with E-state index in [1.165, 1.54) is 23.9 Å². The molecule has 0 fully saturated rings. The summed E-state index contributed by atoms with van der Waals surface area (Å²) in [6, 6.07) is 11.8. The van der Waals surface area contributed by atoms with E-state index in [0.29, 0.717) is 10.6 Å². The van der Waals surface area contributed by atoms with Crippen LogP contribution in [0.1, 0.15) is 18.6 Å². The van der Waals surface area contributed by atoms with E-state index in [4.69, 9.17) is 11.6 Å². The second-order valence-electron chi connectivity index (χ2n) is 3.92. The molecule has 0 amide bonds. The summed E-state index contributed by atoms with van der Waals surface area (Å²) < 4.78 is 13.2. The lowest BCUT2D eigenvalue weighted by molar-refractivity contribution is 0.196. The summed E-state index contributed by atoms with van der Waals surface area (Å²) >= 11 is 7.37. The topological polar surface area (TPSA) is 20.2 Å². The van der Waals surface area contributed by atoms with Gasteiger partial charge in [-0.25, -0.2) is 4.39 Å². The molecule has 0 radical (unpaired) electrons. The van der Waals surface area contributed by atoms with Gasteiger partial charge in [0, 0.05) is 14.8 Å². The van der Waals surface area contributed by atoms with Gasteiger partial charge in [0.25, 0.3) is 0 Å². The number of hydrogen-bond acceptors (Lipinski definition) is 2. The van der Waals surface area contributed by atoms with E-state index in [-0.39, 0.29) is 5.82 Å². The summed E-state index contributed by atoms with van der Waals surface area (Å²) in [5.41, 5.74) is 0.583. The molecule has 1 N–H and O–H groups in total. The zero-order valence-corrected chi connectivity index (χ0v) is 11.3. The summed E-state index contributed by atoms with van der Waals surface area (Å²) in [6.07, 6.45) is -0.706. The first-order valence-electron chi connectivity index (χ1n) is 5.47. The van der Waals surface area contributed by atoms with E-state index in [1.807, 2.05) is 18.2 Å². The van der Waals surface area contributed by atoms with Crippen LogP contribution >= 0.6 is 23.4 Å². The molecule has 0 saturated heterocycles. The van der Waals surface area contributed by atoms with Crippen LogP contribution in [0, 0.1) is 5.82 Å². The molecule has 2 aromatic carbocycles. The van der Waals surface area contributed by atoms with Crippen LogP contribution in [0.15, 0.2) is 52.3 Å². The molecule has 18 heavy (non-hydrogen) atoms. The number of aliphatic hydroxyl groups is 1. The van der Waals surface area contributed by atoms with Gasteiger partial charge in [-0.05, 0) is 48.9 Å². The summed E-state index contributed by atoms with van der Waals surface area (Å²) in [4.78, 5) is 1.78. The molecule has 0 heterocycles. The Balaban J connectivity index is 2.34. The Bertz CT molecular complexity index is 557. The normalized spacial score (nSPS) is 12.4. The zero-order valence-electron chi connectivity index (χ0n) is 9.73. The highest BCUT2D eigenvalue weighted by Gasteiger charge is 2.10. The van der Waals surface area contributed by atoms with E-state index >= 15 is 0 Å². The predicted octanol–water partition coefficient (Wildman–Crippen LogP) is 4.68. The molecule has 0 bridgehead atoms. The first kappa shape index (κ1) is 13.4. The van der Waals surface area contributed by atoms with Gasteiger partial charge < -0.3 is 5.11 Å². The Morgan fingerprint density at radius 1 is 1.22 bits per heavy atom. The number of halogens is 2. The average Bonchev–Trinajstić information content (AvgIpc) is 2.31. The smallest absolute Gasteiger partial charge is 0.123 e. The Kier molecular flexibility index (Phi) is 4.27. The first-order chi connectivity index (χ1) is 8.56. The van der Waals surface area contributed by atoms with Crippen molar-refractivity contribution in [3.8, 4) is 0 Å². The van der Waals surface area contributed by atoms with Crippen LogP contribution in [0.3, 0.4) is 0 Å². The van der Waals surface area contributed by atoms with Gasteiger partial charge in [0.15, 0.2) is 0 Å². The van der Waals surface area contributed by atoms with Crippen LogP contribution in [0.2, 0.25) is 5.02 Å². The Labute approximate surface area is 115 Å². The van der Waals surface area contributed by atoms with Gasteiger partial charge in [-0.3, -0.25) is 0 Å². The standard InChI is InChI=1S/C14H12ClFOS/c1-9(17)13-8-11(16)5-6-14(13)18-12-4-2-3-10(15)7-12/h2-9,17H,1H3/t9-/m1/s1. The maximum Gasteiger partial charge on any atom is 0.123 e. The Hall–Kier alpha value is -1.03. The van der Waals surface area contributed by atoms with E-state index in [2.05, 4.69) is 0 Å². The monoisotopic (exact) mass is 282 g/mol. The molecule has 1 atom stereocenters. The second kappa shape index (κ2) is 5.74. The molecule has 0 unspecified atom stereocenters. The van der Waals surface area contributed by atoms with E-state index < -0.39 is 6.10 Å². The van der Waals surface area contributed by atoms with Gasteiger partial charge in [0.05, 0.1) is 6.10 Å². The molecule has 0 aliphatic carbocycles. The van der Waals surface area contributed by atoms with Crippen molar-refractivity contribution in [1.29, 1.82) is 0 Å². The van der Waals surface area contributed by atoms with Gasteiger partial charge >= 0.3 is 0 Å². The van der Waals surface area contributed by atoms with Crippen LogP contribution in [0.5, 0.6) is 0 Å². The van der Waals surface area contributed by atoms with Crippen molar-refractivity contribution in [2.45, 2.75) is 22.8 Å². The summed E-state index contributed by atoms with van der Waals surface area (Å²) in [6.45, 7) is 1.62. The Morgan fingerprint density at radius 3 is 2.67 bits per heavy atom. The van der Waals surface area contributed by atoms with E-state index in [1.54, 1.807) is 19.1 Å². The SMILES string of the molecule is C[C@@H](O)c1cc(F)ccc1Sc1cccc(Cl)c1. The highest BCUT2D eigenvalue weighted by molar-refractivity contribution is 7.99. The highest BCUT2D eigenvalue weighted by Crippen LogP contribution is 2.34. The lowest BCUT2D eigenvalue weighted by Crippen LogP contribution is -1.95. The van der Waals surface area contributed by atoms with Gasteiger partial charge in [-0.15, -0.1) is 0 Å². The molecule has 0 aromatic heterocycles. The average molecular weight is 283 g/mol. The fraction of sp³-hybridized carbons (Fsp3) is 0.143. The van der Waals surface area contributed by atoms with Gasteiger partial charge in [-0.2, -0.15) is 0 Å². The van der Waals surface area contributed by atoms with Crippen molar-refractivity contribution in [2.75, 3.05) is 0 Å². The quantitative estimate of drug-likeness (QED) is 0.882. The Morgan fingerprint density at radius 2 is 2.00 bits per heavy atom. The molecular weight excluding hydrogens is 271 g/mol. The van der Waals surface area contributed by atoms with Crippen molar-refractivity contribution in [3.63, 3.8) is 0 Å². The fourth-order valence-corrected chi connectivity index (χ4v) is 2.92. The maximum atomic E-state index is 13.2. The third-order valence-corrected chi connectivity index (χ3v) is 3.76. The van der Waals surface area contributed by atoms with Crippen LogP contribution in [-0.2, 0) is 0 Å². The summed E-state index contributed by atoms with van der Waals surface area (Å²) in [5.74, 6) is -0.346.